The maximum atomic E-state index is 6.32. The molecule has 3 rings (SSSR count). The first-order valence-corrected chi connectivity index (χ1v) is 6.45. The van der Waals surface area contributed by atoms with Crippen molar-refractivity contribution in [2.75, 3.05) is 13.1 Å². The minimum atomic E-state index is 0.695. The number of aromatic nitrogens is 1. The molecule has 17 heavy (non-hydrogen) atoms. The second-order valence-corrected chi connectivity index (χ2v) is 5.07. The van der Waals surface area contributed by atoms with Gasteiger partial charge in [0, 0.05) is 16.6 Å². The molecule has 1 fully saturated rings. The lowest BCUT2D eigenvalue weighted by Crippen LogP contribution is -2.11. The van der Waals surface area contributed by atoms with Crippen LogP contribution < -0.4 is 5.32 Å². The number of halogens is 1. The van der Waals surface area contributed by atoms with E-state index < -0.39 is 0 Å². The Morgan fingerprint density at radius 1 is 1.35 bits per heavy atom. The van der Waals surface area contributed by atoms with E-state index in [-0.39, 0.29) is 0 Å². The van der Waals surface area contributed by atoms with Crippen LogP contribution in [0, 0.1) is 5.92 Å². The monoisotopic (exact) mass is 246 g/mol. The van der Waals surface area contributed by atoms with E-state index in [2.05, 4.69) is 16.4 Å². The third-order valence-electron chi connectivity index (χ3n) is 3.48. The number of fused-ring (bicyclic) bond motifs is 1. The molecule has 0 radical (unpaired) electrons. The van der Waals surface area contributed by atoms with Crippen molar-refractivity contribution < 1.29 is 0 Å². The summed E-state index contributed by atoms with van der Waals surface area (Å²) in [5.41, 5.74) is 2.27. The highest BCUT2D eigenvalue weighted by Gasteiger charge is 2.18. The van der Waals surface area contributed by atoms with Gasteiger partial charge < -0.3 is 5.32 Å². The molecule has 88 valence electrons. The summed E-state index contributed by atoms with van der Waals surface area (Å²) in [6, 6.07) is 8.09. The Morgan fingerprint density at radius 2 is 2.29 bits per heavy atom. The Bertz CT molecular complexity index is 533. The summed E-state index contributed by atoms with van der Waals surface area (Å²) in [7, 11) is 0. The molecule has 1 unspecified atom stereocenters. The first-order valence-electron chi connectivity index (χ1n) is 6.07. The van der Waals surface area contributed by atoms with Gasteiger partial charge in [-0.3, -0.25) is 4.98 Å². The van der Waals surface area contributed by atoms with Crippen molar-refractivity contribution in [1.29, 1.82) is 0 Å². The first kappa shape index (κ1) is 11.0. The van der Waals surface area contributed by atoms with Crippen molar-refractivity contribution in [2.24, 2.45) is 5.92 Å². The molecule has 1 aromatic heterocycles. The first-order chi connectivity index (χ1) is 8.34. The zero-order chi connectivity index (χ0) is 11.7. The van der Waals surface area contributed by atoms with Gasteiger partial charge >= 0.3 is 0 Å². The van der Waals surface area contributed by atoms with Crippen LogP contribution >= 0.6 is 11.6 Å². The van der Waals surface area contributed by atoms with Crippen molar-refractivity contribution in [1.82, 2.24) is 10.3 Å². The van der Waals surface area contributed by atoms with Crippen molar-refractivity contribution in [3.05, 3.63) is 41.0 Å². The third kappa shape index (κ3) is 2.15. The number of hydrogen-bond donors (Lipinski definition) is 1. The van der Waals surface area contributed by atoms with Crippen LogP contribution in [0.1, 0.15) is 12.0 Å². The summed E-state index contributed by atoms with van der Waals surface area (Å²) in [5, 5.41) is 5.43. The van der Waals surface area contributed by atoms with Crippen molar-refractivity contribution >= 4 is 22.5 Å². The minimum Gasteiger partial charge on any atom is -0.316 e. The van der Waals surface area contributed by atoms with Crippen LogP contribution in [0.2, 0.25) is 5.02 Å². The lowest BCUT2D eigenvalue weighted by molar-refractivity contribution is 0.582. The van der Waals surface area contributed by atoms with E-state index in [1.807, 2.05) is 24.4 Å². The Kier molecular flexibility index (Phi) is 3.00. The Hall–Kier alpha value is -1.12. The zero-order valence-corrected chi connectivity index (χ0v) is 10.4. The fourth-order valence-electron chi connectivity index (χ4n) is 2.55. The molecule has 0 saturated carbocycles. The molecular formula is C14H15ClN2. The van der Waals surface area contributed by atoms with Crippen LogP contribution in [0.3, 0.4) is 0 Å². The highest BCUT2D eigenvalue weighted by Crippen LogP contribution is 2.28. The lowest BCUT2D eigenvalue weighted by atomic mass is 9.96. The molecule has 0 spiro atoms. The van der Waals surface area contributed by atoms with E-state index in [1.165, 1.54) is 17.4 Å². The highest BCUT2D eigenvalue weighted by atomic mass is 35.5. The Balaban J connectivity index is 2.03. The van der Waals surface area contributed by atoms with Crippen molar-refractivity contribution in [3.8, 4) is 0 Å². The predicted molar refractivity (Wildman–Crippen MR) is 71.4 cm³/mol. The van der Waals surface area contributed by atoms with Crippen LogP contribution in [-0.2, 0) is 6.42 Å². The van der Waals surface area contributed by atoms with Gasteiger partial charge in [-0.25, -0.2) is 0 Å². The van der Waals surface area contributed by atoms with Gasteiger partial charge in [-0.2, -0.15) is 0 Å². The second-order valence-electron chi connectivity index (χ2n) is 4.66. The Labute approximate surface area is 106 Å². The number of hydrogen-bond acceptors (Lipinski definition) is 2. The van der Waals surface area contributed by atoms with Crippen molar-refractivity contribution in [3.63, 3.8) is 0 Å². The van der Waals surface area contributed by atoms with E-state index in [9.17, 15) is 0 Å². The maximum Gasteiger partial charge on any atom is 0.0748 e. The fraction of sp³-hybridized carbons (Fsp3) is 0.357. The summed E-state index contributed by atoms with van der Waals surface area (Å²) < 4.78 is 0. The third-order valence-corrected chi connectivity index (χ3v) is 3.83. The molecule has 0 bridgehead atoms. The molecule has 2 nitrogen and oxygen atoms in total. The molecule has 1 aliphatic rings. The number of benzene rings is 1. The summed E-state index contributed by atoms with van der Waals surface area (Å²) in [4.78, 5) is 4.48. The standard InChI is InChI=1S/C14H15ClN2/c15-13-4-3-11-2-1-6-17-14(11)12(13)8-10-5-7-16-9-10/h1-4,6,10,16H,5,7-9H2. The van der Waals surface area contributed by atoms with Gasteiger partial charge in [0.05, 0.1) is 5.52 Å². The highest BCUT2D eigenvalue weighted by molar-refractivity contribution is 6.32. The number of rotatable bonds is 2. The molecule has 1 aliphatic heterocycles. The molecule has 2 heterocycles. The van der Waals surface area contributed by atoms with Crippen LogP contribution in [0.5, 0.6) is 0 Å². The summed E-state index contributed by atoms with van der Waals surface area (Å²) >= 11 is 6.32. The number of nitrogens with zero attached hydrogens (tertiary/aromatic N) is 1. The topological polar surface area (TPSA) is 24.9 Å². The fourth-order valence-corrected chi connectivity index (χ4v) is 2.78. The maximum absolute atomic E-state index is 6.32. The zero-order valence-electron chi connectivity index (χ0n) is 9.62. The SMILES string of the molecule is Clc1ccc2cccnc2c1CC1CCNC1. The molecule has 0 amide bonds. The van der Waals surface area contributed by atoms with E-state index >= 15 is 0 Å². The van der Waals surface area contributed by atoms with Crippen LogP contribution in [-0.4, -0.2) is 18.1 Å². The Morgan fingerprint density at radius 3 is 3.12 bits per heavy atom. The molecule has 2 aromatic rings. The summed E-state index contributed by atoms with van der Waals surface area (Å²) in [5.74, 6) is 0.695. The average molecular weight is 247 g/mol. The van der Waals surface area contributed by atoms with Gasteiger partial charge in [0.2, 0.25) is 0 Å². The minimum absolute atomic E-state index is 0.695. The lowest BCUT2D eigenvalue weighted by Gasteiger charge is -2.12. The average Bonchev–Trinajstić information content (AvgIpc) is 2.86. The van der Waals surface area contributed by atoms with E-state index in [0.717, 1.165) is 30.0 Å². The van der Waals surface area contributed by atoms with Crippen LogP contribution in [0.4, 0.5) is 0 Å². The largest absolute Gasteiger partial charge is 0.316 e. The van der Waals surface area contributed by atoms with Gasteiger partial charge in [-0.15, -0.1) is 0 Å². The normalized spacial score (nSPS) is 19.9. The number of pyridine rings is 1. The molecule has 0 aliphatic carbocycles. The van der Waals surface area contributed by atoms with Gasteiger partial charge in [-0.1, -0.05) is 23.7 Å². The molecule has 3 heteroatoms. The van der Waals surface area contributed by atoms with E-state index in [4.69, 9.17) is 11.6 Å². The smallest absolute Gasteiger partial charge is 0.0748 e. The molecular weight excluding hydrogens is 232 g/mol. The second kappa shape index (κ2) is 4.63. The molecule has 1 N–H and O–H groups in total. The molecule has 1 saturated heterocycles. The molecule has 1 atom stereocenters. The number of nitrogens with one attached hydrogen (secondary N) is 1. The quantitative estimate of drug-likeness (QED) is 0.881. The summed E-state index contributed by atoms with van der Waals surface area (Å²) in [6.45, 7) is 2.22. The van der Waals surface area contributed by atoms with Crippen LogP contribution in [0.15, 0.2) is 30.5 Å². The van der Waals surface area contributed by atoms with Gasteiger partial charge in [0.1, 0.15) is 0 Å². The predicted octanol–water partition coefficient (Wildman–Crippen LogP) is 3.04. The van der Waals surface area contributed by atoms with E-state index in [1.54, 1.807) is 0 Å². The van der Waals surface area contributed by atoms with Gasteiger partial charge in [0.15, 0.2) is 0 Å². The summed E-state index contributed by atoms with van der Waals surface area (Å²) in [6.07, 6.45) is 4.11. The van der Waals surface area contributed by atoms with Crippen LogP contribution in [0.25, 0.3) is 10.9 Å². The van der Waals surface area contributed by atoms with Gasteiger partial charge in [-0.05, 0) is 49.5 Å². The molecule has 1 aromatic carbocycles. The van der Waals surface area contributed by atoms with Crippen molar-refractivity contribution in [2.45, 2.75) is 12.8 Å². The van der Waals surface area contributed by atoms with Gasteiger partial charge in [0.25, 0.3) is 0 Å². The van der Waals surface area contributed by atoms with E-state index in [0.29, 0.717) is 5.92 Å².